The number of allylic oxidation sites excluding steroid dienone is 1. The van der Waals surface area contributed by atoms with E-state index in [-0.39, 0.29) is 5.54 Å². The van der Waals surface area contributed by atoms with Gasteiger partial charge in [-0.05, 0) is 49.9 Å². The minimum atomic E-state index is 0.107. The van der Waals surface area contributed by atoms with Crippen LogP contribution in [0, 0.1) is 0 Å². The van der Waals surface area contributed by atoms with Gasteiger partial charge in [-0.15, -0.1) is 0 Å². The maximum absolute atomic E-state index is 3.70. The summed E-state index contributed by atoms with van der Waals surface area (Å²) in [7, 11) is 0. The number of hydrogen-bond acceptors (Lipinski definition) is 1. The predicted molar refractivity (Wildman–Crippen MR) is 95.1 cm³/mol. The number of rotatable bonds is 3. The largest absolute Gasteiger partial charge is 0.306 e. The molecule has 0 heterocycles. The first-order chi connectivity index (χ1) is 10.5. The second-order valence-electron chi connectivity index (χ2n) is 7.21. The fourth-order valence-electron chi connectivity index (χ4n) is 3.44. The van der Waals surface area contributed by atoms with E-state index in [1.54, 1.807) is 0 Å². The van der Waals surface area contributed by atoms with Crippen LogP contribution in [-0.4, -0.2) is 5.54 Å². The molecule has 3 rings (SSSR count). The van der Waals surface area contributed by atoms with Crippen LogP contribution in [0.1, 0.15) is 61.9 Å². The van der Waals surface area contributed by atoms with E-state index in [0.717, 1.165) is 0 Å². The highest BCUT2D eigenvalue weighted by Gasteiger charge is 2.24. The summed E-state index contributed by atoms with van der Waals surface area (Å²) >= 11 is 0. The zero-order valence-electron chi connectivity index (χ0n) is 13.9. The second-order valence-corrected chi connectivity index (χ2v) is 7.21. The molecule has 2 aromatic carbocycles. The van der Waals surface area contributed by atoms with Crippen LogP contribution in [0.25, 0.3) is 6.08 Å². The Balaban J connectivity index is 1.98. The molecule has 1 aliphatic carbocycles. The van der Waals surface area contributed by atoms with Crippen LogP contribution in [-0.2, 0) is 0 Å². The molecule has 0 bridgehead atoms. The Morgan fingerprint density at radius 2 is 1.55 bits per heavy atom. The van der Waals surface area contributed by atoms with Crippen molar-refractivity contribution in [3.05, 3.63) is 76.9 Å². The molecule has 0 radical (unpaired) electrons. The lowest BCUT2D eigenvalue weighted by molar-refractivity contribution is 0.377. The summed E-state index contributed by atoms with van der Waals surface area (Å²) in [4.78, 5) is 0. The molecule has 0 spiro atoms. The van der Waals surface area contributed by atoms with Crippen molar-refractivity contribution in [3.8, 4) is 0 Å². The molecule has 0 aromatic heterocycles. The molecule has 1 aliphatic rings. The first-order valence-electron chi connectivity index (χ1n) is 8.09. The normalized spacial score (nSPS) is 18.3. The van der Waals surface area contributed by atoms with E-state index in [4.69, 9.17) is 0 Å². The predicted octanol–water partition coefficient (Wildman–Crippen LogP) is 5.29. The van der Waals surface area contributed by atoms with E-state index in [9.17, 15) is 0 Å². The van der Waals surface area contributed by atoms with Crippen molar-refractivity contribution < 1.29 is 0 Å². The molecule has 2 unspecified atom stereocenters. The Morgan fingerprint density at radius 1 is 0.909 bits per heavy atom. The van der Waals surface area contributed by atoms with Gasteiger partial charge in [-0.2, -0.15) is 0 Å². The van der Waals surface area contributed by atoms with Crippen molar-refractivity contribution >= 4 is 6.08 Å². The molecular formula is C21H25N. The second kappa shape index (κ2) is 5.73. The van der Waals surface area contributed by atoms with E-state index >= 15 is 0 Å². The van der Waals surface area contributed by atoms with Crippen LogP contribution in [0.3, 0.4) is 0 Å². The van der Waals surface area contributed by atoms with Gasteiger partial charge in [0.1, 0.15) is 0 Å². The molecule has 0 fully saturated rings. The summed E-state index contributed by atoms with van der Waals surface area (Å²) < 4.78 is 0. The van der Waals surface area contributed by atoms with Gasteiger partial charge in [0.05, 0.1) is 0 Å². The van der Waals surface area contributed by atoms with E-state index in [0.29, 0.717) is 12.0 Å². The Hall–Kier alpha value is -1.86. The highest BCUT2D eigenvalue weighted by Crippen LogP contribution is 2.38. The Bertz CT molecular complexity index is 691. The molecule has 114 valence electrons. The van der Waals surface area contributed by atoms with Gasteiger partial charge in [0, 0.05) is 17.5 Å². The quantitative estimate of drug-likeness (QED) is 0.809. The lowest BCUT2D eigenvalue weighted by Gasteiger charge is -2.29. The highest BCUT2D eigenvalue weighted by atomic mass is 15.0. The van der Waals surface area contributed by atoms with Crippen LogP contribution >= 0.6 is 0 Å². The zero-order chi connectivity index (χ0) is 15.7. The molecule has 0 aliphatic heterocycles. The lowest BCUT2D eigenvalue weighted by atomic mass is 9.87. The van der Waals surface area contributed by atoms with Gasteiger partial charge in [0.15, 0.2) is 0 Å². The summed E-state index contributed by atoms with van der Waals surface area (Å²) in [6.45, 7) is 8.92. The fraction of sp³-hybridized carbons (Fsp3) is 0.333. The maximum atomic E-state index is 3.70. The van der Waals surface area contributed by atoms with E-state index in [2.05, 4.69) is 93.7 Å². The van der Waals surface area contributed by atoms with E-state index in [1.807, 2.05) is 0 Å². The third kappa shape index (κ3) is 3.00. The molecule has 1 N–H and O–H groups in total. The molecule has 2 aromatic rings. The van der Waals surface area contributed by atoms with E-state index < -0.39 is 0 Å². The Morgan fingerprint density at radius 3 is 2.27 bits per heavy atom. The maximum Gasteiger partial charge on any atom is 0.0299 e. The standard InChI is InChI=1S/C21H25N/c1-15(22-21(2,3)4)17-10-7-8-12-19(17)20-14-13-16-9-5-6-11-18(16)20/h5-15,20,22H,1-4H3. The van der Waals surface area contributed by atoms with Gasteiger partial charge in [0.2, 0.25) is 0 Å². The van der Waals surface area contributed by atoms with Gasteiger partial charge >= 0.3 is 0 Å². The fourth-order valence-corrected chi connectivity index (χ4v) is 3.44. The van der Waals surface area contributed by atoms with Gasteiger partial charge in [-0.3, -0.25) is 0 Å². The lowest BCUT2D eigenvalue weighted by Crippen LogP contribution is -2.38. The minimum absolute atomic E-state index is 0.107. The first kappa shape index (κ1) is 15.1. The number of fused-ring (bicyclic) bond motifs is 1. The van der Waals surface area contributed by atoms with Crippen LogP contribution in [0.15, 0.2) is 54.6 Å². The third-order valence-electron chi connectivity index (χ3n) is 4.25. The van der Waals surface area contributed by atoms with Crippen LogP contribution in [0.2, 0.25) is 0 Å². The number of nitrogens with one attached hydrogen (secondary N) is 1. The smallest absolute Gasteiger partial charge is 0.0299 e. The molecular weight excluding hydrogens is 266 g/mol. The third-order valence-corrected chi connectivity index (χ3v) is 4.25. The first-order valence-corrected chi connectivity index (χ1v) is 8.09. The molecule has 22 heavy (non-hydrogen) atoms. The van der Waals surface area contributed by atoms with Gasteiger partial charge < -0.3 is 5.32 Å². The van der Waals surface area contributed by atoms with Crippen LogP contribution in [0.5, 0.6) is 0 Å². The highest BCUT2D eigenvalue weighted by molar-refractivity contribution is 5.65. The van der Waals surface area contributed by atoms with Crippen molar-refractivity contribution in [2.45, 2.75) is 45.2 Å². The topological polar surface area (TPSA) is 12.0 Å². The zero-order valence-corrected chi connectivity index (χ0v) is 13.9. The average Bonchev–Trinajstić information content (AvgIpc) is 2.89. The van der Waals surface area contributed by atoms with Crippen molar-refractivity contribution in [2.24, 2.45) is 0 Å². The van der Waals surface area contributed by atoms with E-state index in [1.165, 1.54) is 22.3 Å². The van der Waals surface area contributed by atoms with Crippen LogP contribution in [0.4, 0.5) is 0 Å². The van der Waals surface area contributed by atoms with Crippen molar-refractivity contribution in [2.75, 3.05) is 0 Å². The minimum Gasteiger partial charge on any atom is -0.306 e. The van der Waals surface area contributed by atoms with Crippen molar-refractivity contribution in [1.29, 1.82) is 0 Å². The molecule has 1 nitrogen and oxygen atoms in total. The SMILES string of the molecule is CC(NC(C)(C)C)c1ccccc1C1C=Cc2ccccc21. The summed E-state index contributed by atoms with van der Waals surface area (Å²) in [6, 6.07) is 17.9. The molecule has 1 heteroatoms. The summed E-state index contributed by atoms with van der Waals surface area (Å²) in [5.74, 6) is 0.372. The van der Waals surface area contributed by atoms with Crippen LogP contribution < -0.4 is 5.32 Å². The van der Waals surface area contributed by atoms with Gasteiger partial charge in [-0.25, -0.2) is 0 Å². The number of hydrogen-bond donors (Lipinski definition) is 1. The summed E-state index contributed by atoms with van der Waals surface area (Å²) in [5.41, 5.74) is 5.67. The molecule has 2 atom stereocenters. The molecule has 0 saturated carbocycles. The van der Waals surface area contributed by atoms with Gasteiger partial charge in [-0.1, -0.05) is 60.7 Å². The van der Waals surface area contributed by atoms with Gasteiger partial charge in [0.25, 0.3) is 0 Å². The summed E-state index contributed by atoms with van der Waals surface area (Å²) in [5, 5.41) is 3.70. The Labute approximate surface area is 134 Å². The molecule has 0 amide bonds. The molecule has 0 saturated heterocycles. The van der Waals surface area contributed by atoms with Crippen molar-refractivity contribution in [1.82, 2.24) is 5.32 Å². The van der Waals surface area contributed by atoms with Crippen molar-refractivity contribution in [3.63, 3.8) is 0 Å². The number of benzene rings is 2. The summed E-state index contributed by atoms with van der Waals surface area (Å²) in [6.07, 6.45) is 4.58. The monoisotopic (exact) mass is 291 g/mol. The Kier molecular flexibility index (Phi) is 3.92. The average molecular weight is 291 g/mol.